The van der Waals surface area contributed by atoms with Crippen molar-refractivity contribution >= 4 is 5.91 Å². The number of aromatic nitrogens is 1. The molecule has 140 valence electrons. The number of primary amides is 1. The molecule has 0 aliphatic heterocycles. The van der Waals surface area contributed by atoms with Crippen LogP contribution in [0.3, 0.4) is 0 Å². The van der Waals surface area contributed by atoms with Gasteiger partial charge in [-0.2, -0.15) is 0 Å². The minimum Gasteiger partial charge on any atom is -0.457 e. The first-order valence-corrected chi connectivity index (χ1v) is 9.35. The maximum Gasteiger partial charge on any atom is 0.251 e. The Morgan fingerprint density at radius 2 is 1.70 bits per heavy atom. The lowest BCUT2D eigenvalue weighted by atomic mass is 10.00. The lowest BCUT2D eigenvalue weighted by molar-refractivity contribution is 0.1000. The Morgan fingerprint density at radius 1 is 1.00 bits per heavy atom. The number of nitrogens with two attached hydrogens (primary N) is 1. The number of carbonyl (C=O) groups excluding carboxylic acids is 1. The number of para-hydroxylation sites is 1. The largest absolute Gasteiger partial charge is 0.457 e. The molecule has 0 fully saturated rings. The average Bonchev–Trinajstić information content (AvgIpc) is 2.91. The predicted molar refractivity (Wildman–Crippen MR) is 109 cm³/mol. The number of ether oxygens (including phenoxy) is 1. The highest BCUT2D eigenvalue weighted by atomic mass is 16.5. The molecule has 0 saturated heterocycles. The third-order valence-electron chi connectivity index (χ3n) is 4.87. The minimum atomic E-state index is -0.393. The van der Waals surface area contributed by atoms with Crippen molar-refractivity contribution in [3.8, 4) is 22.6 Å². The molecule has 1 amide bonds. The summed E-state index contributed by atoms with van der Waals surface area (Å²) >= 11 is 0. The summed E-state index contributed by atoms with van der Waals surface area (Å²) in [6, 6.07) is 17.5. The van der Waals surface area contributed by atoms with E-state index >= 15 is 0 Å². The lowest BCUT2D eigenvalue weighted by Crippen LogP contribution is -2.13. The quantitative estimate of drug-likeness (QED) is 0.606. The number of amides is 1. The molecule has 0 aliphatic carbocycles. The van der Waals surface area contributed by atoms with E-state index in [0.29, 0.717) is 5.56 Å². The van der Waals surface area contributed by atoms with Gasteiger partial charge in [-0.25, -0.2) is 0 Å². The number of carbonyl (C=O) groups is 1. The summed E-state index contributed by atoms with van der Waals surface area (Å²) in [5, 5.41) is 0. The van der Waals surface area contributed by atoms with Gasteiger partial charge in [0.25, 0.3) is 5.91 Å². The maximum absolute atomic E-state index is 12.2. The molecule has 2 N–H and O–H groups in total. The molecule has 0 radical (unpaired) electrons. The fourth-order valence-electron chi connectivity index (χ4n) is 3.53. The molecular formula is C23H26N2O2. The highest BCUT2D eigenvalue weighted by Crippen LogP contribution is 2.35. The summed E-state index contributed by atoms with van der Waals surface area (Å²) in [5.41, 5.74) is 10.2. The van der Waals surface area contributed by atoms with Crippen molar-refractivity contribution in [1.29, 1.82) is 0 Å². The van der Waals surface area contributed by atoms with Gasteiger partial charge in [0.15, 0.2) is 0 Å². The monoisotopic (exact) mass is 362 g/mol. The minimum absolute atomic E-state index is 0.393. The molecule has 4 heteroatoms. The summed E-state index contributed by atoms with van der Waals surface area (Å²) in [4.78, 5) is 12.2. The molecule has 1 aromatic heterocycles. The van der Waals surface area contributed by atoms with Gasteiger partial charge in [0.1, 0.15) is 11.5 Å². The van der Waals surface area contributed by atoms with Crippen LogP contribution < -0.4 is 10.5 Å². The summed E-state index contributed by atoms with van der Waals surface area (Å²) < 4.78 is 8.16. The summed E-state index contributed by atoms with van der Waals surface area (Å²) in [6.07, 6.45) is 2.16. The number of rotatable bonds is 7. The molecule has 0 spiro atoms. The molecule has 3 rings (SSSR count). The fraction of sp³-hybridized carbons (Fsp3) is 0.261. The summed E-state index contributed by atoms with van der Waals surface area (Å²) in [6.45, 7) is 7.06. The van der Waals surface area contributed by atoms with Crippen molar-refractivity contribution in [3.63, 3.8) is 0 Å². The van der Waals surface area contributed by atoms with Crippen LogP contribution in [-0.4, -0.2) is 10.5 Å². The Balaban J connectivity index is 2.05. The number of nitrogens with zero attached hydrogens (tertiary/aromatic N) is 1. The Bertz CT molecular complexity index is 943. The first-order chi connectivity index (χ1) is 13.0. The highest BCUT2D eigenvalue weighted by Gasteiger charge is 2.22. The molecule has 3 aromatic rings. The molecule has 1 heterocycles. The first-order valence-electron chi connectivity index (χ1n) is 9.35. The van der Waals surface area contributed by atoms with E-state index in [1.807, 2.05) is 61.5 Å². The zero-order chi connectivity index (χ0) is 19.4. The van der Waals surface area contributed by atoms with Crippen molar-refractivity contribution in [2.24, 2.45) is 5.73 Å². The van der Waals surface area contributed by atoms with E-state index in [-0.39, 0.29) is 0 Å². The second kappa shape index (κ2) is 8.12. The van der Waals surface area contributed by atoms with Crippen LogP contribution in [0.15, 0.2) is 54.6 Å². The van der Waals surface area contributed by atoms with Crippen LogP contribution in [0.2, 0.25) is 0 Å². The Labute approximate surface area is 160 Å². The SMILES string of the molecule is CCCCn1c(C)c(C(N)=O)c(-c2cccc(Oc3ccccc3)c2)c1C. The molecule has 0 saturated carbocycles. The van der Waals surface area contributed by atoms with Gasteiger partial charge in [0.05, 0.1) is 5.56 Å². The first kappa shape index (κ1) is 18.8. The number of benzene rings is 2. The summed E-state index contributed by atoms with van der Waals surface area (Å²) in [5.74, 6) is 1.11. The maximum atomic E-state index is 12.2. The van der Waals surface area contributed by atoms with E-state index in [1.165, 1.54) is 0 Å². The average molecular weight is 362 g/mol. The molecular weight excluding hydrogens is 336 g/mol. The normalized spacial score (nSPS) is 10.8. The Hall–Kier alpha value is -3.01. The van der Waals surface area contributed by atoms with E-state index < -0.39 is 5.91 Å². The summed E-state index contributed by atoms with van der Waals surface area (Å²) in [7, 11) is 0. The van der Waals surface area contributed by atoms with Gasteiger partial charge >= 0.3 is 0 Å². The van der Waals surface area contributed by atoms with Crippen LogP contribution in [-0.2, 0) is 6.54 Å². The Kier molecular flexibility index (Phi) is 5.65. The van der Waals surface area contributed by atoms with Gasteiger partial charge in [-0.3, -0.25) is 4.79 Å². The van der Waals surface area contributed by atoms with E-state index in [4.69, 9.17) is 10.5 Å². The predicted octanol–water partition coefficient (Wildman–Crippen LogP) is 5.46. The second-order valence-electron chi connectivity index (χ2n) is 6.73. The second-order valence-corrected chi connectivity index (χ2v) is 6.73. The molecule has 0 bridgehead atoms. The van der Waals surface area contributed by atoms with Crippen molar-refractivity contribution in [2.45, 2.75) is 40.2 Å². The zero-order valence-corrected chi connectivity index (χ0v) is 16.2. The Morgan fingerprint density at radius 3 is 2.37 bits per heavy atom. The van der Waals surface area contributed by atoms with Gasteiger partial charge in [0.2, 0.25) is 0 Å². The topological polar surface area (TPSA) is 57.2 Å². The molecule has 2 aromatic carbocycles. The zero-order valence-electron chi connectivity index (χ0n) is 16.2. The van der Waals surface area contributed by atoms with E-state index in [0.717, 1.165) is 53.4 Å². The van der Waals surface area contributed by atoms with Crippen molar-refractivity contribution < 1.29 is 9.53 Å². The molecule has 0 unspecified atom stereocenters. The molecule has 0 atom stereocenters. The van der Waals surface area contributed by atoms with Crippen molar-refractivity contribution in [2.75, 3.05) is 0 Å². The van der Waals surface area contributed by atoms with Gasteiger partial charge < -0.3 is 15.0 Å². The van der Waals surface area contributed by atoms with Crippen LogP contribution in [0, 0.1) is 13.8 Å². The van der Waals surface area contributed by atoms with Crippen LogP contribution in [0.25, 0.3) is 11.1 Å². The van der Waals surface area contributed by atoms with E-state index in [2.05, 4.69) is 18.4 Å². The fourth-order valence-corrected chi connectivity index (χ4v) is 3.53. The van der Waals surface area contributed by atoms with Gasteiger partial charge in [0, 0.05) is 23.5 Å². The number of hydrogen-bond acceptors (Lipinski definition) is 2. The van der Waals surface area contributed by atoms with Gasteiger partial charge in [-0.15, -0.1) is 0 Å². The number of hydrogen-bond donors (Lipinski definition) is 1. The van der Waals surface area contributed by atoms with Crippen molar-refractivity contribution in [1.82, 2.24) is 4.57 Å². The van der Waals surface area contributed by atoms with E-state index in [9.17, 15) is 4.79 Å². The smallest absolute Gasteiger partial charge is 0.251 e. The number of unbranched alkanes of at least 4 members (excludes halogenated alkanes) is 1. The van der Waals surface area contributed by atoms with Gasteiger partial charge in [-0.05, 0) is 50.1 Å². The van der Waals surface area contributed by atoms with Crippen LogP contribution in [0.1, 0.15) is 41.5 Å². The van der Waals surface area contributed by atoms with Gasteiger partial charge in [-0.1, -0.05) is 43.7 Å². The van der Waals surface area contributed by atoms with E-state index in [1.54, 1.807) is 0 Å². The third kappa shape index (κ3) is 3.90. The standard InChI is InChI=1S/C23H26N2O2/c1-4-5-14-25-16(2)21(22(17(25)3)23(24)26)18-10-9-13-20(15-18)27-19-11-7-6-8-12-19/h6-13,15H,4-5,14H2,1-3H3,(H2,24,26). The van der Waals surface area contributed by atoms with Crippen molar-refractivity contribution in [3.05, 3.63) is 71.5 Å². The molecule has 4 nitrogen and oxygen atoms in total. The molecule has 27 heavy (non-hydrogen) atoms. The van der Waals surface area contributed by atoms with Crippen LogP contribution in [0.4, 0.5) is 0 Å². The highest BCUT2D eigenvalue weighted by molar-refractivity contribution is 6.02. The third-order valence-corrected chi connectivity index (χ3v) is 4.87. The molecule has 0 aliphatic rings. The van der Waals surface area contributed by atoms with Crippen LogP contribution in [0.5, 0.6) is 11.5 Å². The van der Waals surface area contributed by atoms with Crippen LogP contribution >= 0.6 is 0 Å². The lowest BCUT2D eigenvalue weighted by Gasteiger charge is -2.10.